The standard InChI is InChI=1S/C14H28N2O2/c1-3-12(9-15)7-13(18)16-14(10-17)6-4-5-11(2)8-14/h11-12,17H,3-10,15H2,1-2H3,(H,16,18). The summed E-state index contributed by atoms with van der Waals surface area (Å²) in [6.07, 6.45) is 5.44. The molecule has 1 rings (SSSR count). The van der Waals surface area contributed by atoms with E-state index in [4.69, 9.17) is 5.73 Å². The van der Waals surface area contributed by atoms with E-state index in [-0.39, 0.29) is 24.0 Å². The fraction of sp³-hybridized carbons (Fsp3) is 0.929. The molecule has 3 unspecified atom stereocenters. The SMILES string of the molecule is CCC(CN)CC(=O)NC1(CO)CCCC(C)C1. The first-order valence-electron chi connectivity index (χ1n) is 7.17. The van der Waals surface area contributed by atoms with Gasteiger partial charge in [-0.15, -0.1) is 0 Å². The molecule has 4 nitrogen and oxygen atoms in total. The van der Waals surface area contributed by atoms with Crippen molar-refractivity contribution in [2.75, 3.05) is 13.2 Å². The zero-order valence-corrected chi connectivity index (χ0v) is 11.7. The molecule has 1 fully saturated rings. The molecule has 0 radical (unpaired) electrons. The van der Waals surface area contributed by atoms with Crippen molar-refractivity contribution in [3.8, 4) is 0 Å². The molecule has 3 atom stereocenters. The van der Waals surface area contributed by atoms with Crippen LogP contribution in [0.1, 0.15) is 52.4 Å². The number of aliphatic hydroxyl groups excluding tert-OH is 1. The van der Waals surface area contributed by atoms with Crippen LogP contribution < -0.4 is 11.1 Å². The van der Waals surface area contributed by atoms with Crippen LogP contribution in [0.5, 0.6) is 0 Å². The third-order valence-corrected chi connectivity index (χ3v) is 4.18. The summed E-state index contributed by atoms with van der Waals surface area (Å²) in [5.41, 5.74) is 5.24. The Morgan fingerprint density at radius 1 is 1.61 bits per heavy atom. The van der Waals surface area contributed by atoms with E-state index in [2.05, 4.69) is 19.2 Å². The Bertz CT molecular complexity index is 267. The summed E-state index contributed by atoms with van der Waals surface area (Å²) in [7, 11) is 0. The van der Waals surface area contributed by atoms with E-state index in [1.54, 1.807) is 0 Å². The molecule has 18 heavy (non-hydrogen) atoms. The molecule has 0 aromatic rings. The number of nitrogens with two attached hydrogens (primary N) is 1. The number of carbonyl (C=O) groups is 1. The van der Waals surface area contributed by atoms with Crippen LogP contribution in [0.2, 0.25) is 0 Å². The lowest BCUT2D eigenvalue weighted by atomic mass is 9.76. The van der Waals surface area contributed by atoms with Crippen molar-refractivity contribution in [2.24, 2.45) is 17.6 Å². The van der Waals surface area contributed by atoms with Gasteiger partial charge in [-0.2, -0.15) is 0 Å². The van der Waals surface area contributed by atoms with E-state index in [9.17, 15) is 9.90 Å². The fourth-order valence-corrected chi connectivity index (χ4v) is 2.96. The highest BCUT2D eigenvalue weighted by atomic mass is 16.3. The summed E-state index contributed by atoms with van der Waals surface area (Å²) < 4.78 is 0. The highest BCUT2D eigenvalue weighted by molar-refractivity contribution is 5.77. The van der Waals surface area contributed by atoms with Crippen LogP contribution in [-0.2, 0) is 4.79 Å². The number of rotatable bonds is 6. The van der Waals surface area contributed by atoms with Gasteiger partial charge in [-0.1, -0.05) is 33.1 Å². The van der Waals surface area contributed by atoms with Gasteiger partial charge in [-0.25, -0.2) is 0 Å². The molecule has 0 saturated heterocycles. The van der Waals surface area contributed by atoms with Gasteiger partial charge >= 0.3 is 0 Å². The second-order valence-corrected chi connectivity index (χ2v) is 5.90. The monoisotopic (exact) mass is 256 g/mol. The Balaban J connectivity index is 2.54. The first kappa shape index (κ1) is 15.4. The minimum absolute atomic E-state index is 0.0375. The first-order valence-corrected chi connectivity index (χ1v) is 7.17. The van der Waals surface area contributed by atoms with E-state index in [1.165, 1.54) is 6.42 Å². The summed E-state index contributed by atoms with van der Waals surface area (Å²) in [6, 6.07) is 0. The van der Waals surface area contributed by atoms with Gasteiger partial charge in [0.1, 0.15) is 0 Å². The lowest BCUT2D eigenvalue weighted by Crippen LogP contribution is -2.54. The van der Waals surface area contributed by atoms with Crippen LogP contribution in [0.25, 0.3) is 0 Å². The summed E-state index contributed by atoms with van der Waals surface area (Å²) in [5.74, 6) is 0.861. The molecule has 1 amide bonds. The largest absolute Gasteiger partial charge is 0.394 e. The van der Waals surface area contributed by atoms with Crippen molar-refractivity contribution in [1.29, 1.82) is 0 Å². The van der Waals surface area contributed by atoms with Gasteiger partial charge in [0.15, 0.2) is 0 Å². The van der Waals surface area contributed by atoms with Crippen molar-refractivity contribution in [2.45, 2.75) is 57.9 Å². The molecule has 1 aliphatic carbocycles. The molecule has 1 aliphatic rings. The Morgan fingerprint density at radius 3 is 2.83 bits per heavy atom. The minimum Gasteiger partial charge on any atom is -0.394 e. The van der Waals surface area contributed by atoms with Crippen molar-refractivity contribution in [3.05, 3.63) is 0 Å². The Hall–Kier alpha value is -0.610. The molecule has 4 N–H and O–H groups in total. The van der Waals surface area contributed by atoms with Crippen LogP contribution in [0.3, 0.4) is 0 Å². The molecule has 0 heterocycles. The molecule has 0 spiro atoms. The summed E-state index contributed by atoms with van der Waals surface area (Å²) >= 11 is 0. The maximum atomic E-state index is 12.0. The molecule has 0 bridgehead atoms. The topological polar surface area (TPSA) is 75.4 Å². The molecular weight excluding hydrogens is 228 g/mol. The van der Waals surface area contributed by atoms with Crippen molar-refractivity contribution in [1.82, 2.24) is 5.32 Å². The number of hydrogen-bond donors (Lipinski definition) is 3. The second kappa shape index (κ2) is 7.10. The summed E-state index contributed by atoms with van der Waals surface area (Å²) in [6.45, 7) is 4.83. The molecule has 4 heteroatoms. The van der Waals surface area contributed by atoms with E-state index in [1.807, 2.05) is 0 Å². The van der Waals surface area contributed by atoms with Gasteiger partial charge < -0.3 is 16.2 Å². The molecule has 0 aliphatic heterocycles. The third-order valence-electron chi connectivity index (χ3n) is 4.18. The number of aliphatic hydroxyl groups is 1. The first-order chi connectivity index (χ1) is 8.55. The average molecular weight is 256 g/mol. The lowest BCUT2D eigenvalue weighted by molar-refractivity contribution is -0.125. The molecular formula is C14H28N2O2. The Labute approximate surface area is 110 Å². The van der Waals surface area contributed by atoms with Crippen LogP contribution in [0.15, 0.2) is 0 Å². The minimum atomic E-state index is -0.387. The number of carbonyl (C=O) groups excluding carboxylic acids is 1. The van der Waals surface area contributed by atoms with Gasteiger partial charge in [-0.05, 0) is 31.2 Å². The van der Waals surface area contributed by atoms with Crippen LogP contribution >= 0.6 is 0 Å². The maximum Gasteiger partial charge on any atom is 0.220 e. The highest BCUT2D eigenvalue weighted by Gasteiger charge is 2.35. The zero-order valence-electron chi connectivity index (χ0n) is 11.7. The average Bonchev–Trinajstić information content (AvgIpc) is 2.35. The molecule has 0 aromatic heterocycles. The fourth-order valence-electron chi connectivity index (χ4n) is 2.96. The van der Waals surface area contributed by atoms with Gasteiger partial charge in [-0.3, -0.25) is 4.79 Å². The number of amides is 1. The summed E-state index contributed by atoms with van der Waals surface area (Å²) in [5, 5.41) is 12.7. The Kier molecular flexibility index (Phi) is 6.09. The van der Waals surface area contributed by atoms with E-state index in [0.29, 0.717) is 18.9 Å². The van der Waals surface area contributed by atoms with Crippen LogP contribution in [0.4, 0.5) is 0 Å². The van der Waals surface area contributed by atoms with Gasteiger partial charge in [0.25, 0.3) is 0 Å². The molecule has 0 aromatic carbocycles. The van der Waals surface area contributed by atoms with Crippen LogP contribution in [-0.4, -0.2) is 29.7 Å². The van der Waals surface area contributed by atoms with Crippen molar-refractivity contribution in [3.63, 3.8) is 0 Å². The normalized spacial score (nSPS) is 29.9. The van der Waals surface area contributed by atoms with Crippen LogP contribution in [0, 0.1) is 11.8 Å². The van der Waals surface area contributed by atoms with Gasteiger partial charge in [0.2, 0.25) is 5.91 Å². The smallest absolute Gasteiger partial charge is 0.220 e. The van der Waals surface area contributed by atoms with Crippen molar-refractivity contribution >= 4 is 5.91 Å². The third kappa shape index (κ3) is 4.25. The molecule has 106 valence electrons. The predicted molar refractivity (Wildman–Crippen MR) is 73.0 cm³/mol. The van der Waals surface area contributed by atoms with E-state index < -0.39 is 0 Å². The quantitative estimate of drug-likeness (QED) is 0.673. The van der Waals surface area contributed by atoms with Gasteiger partial charge in [0, 0.05) is 6.42 Å². The van der Waals surface area contributed by atoms with Gasteiger partial charge in [0.05, 0.1) is 12.1 Å². The number of hydrogen-bond acceptors (Lipinski definition) is 3. The van der Waals surface area contributed by atoms with Crippen molar-refractivity contribution < 1.29 is 9.90 Å². The second-order valence-electron chi connectivity index (χ2n) is 5.90. The molecule has 1 saturated carbocycles. The maximum absolute atomic E-state index is 12.0. The predicted octanol–water partition coefficient (Wildman–Crippen LogP) is 1.42. The zero-order chi connectivity index (χ0) is 13.6. The van der Waals surface area contributed by atoms with E-state index >= 15 is 0 Å². The Morgan fingerprint density at radius 2 is 2.33 bits per heavy atom. The highest BCUT2D eigenvalue weighted by Crippen LogP contribution is 2.32. The van der Waals surface area contributed by atoms with E-state index in [0.717, 1.165) is 25.7 Å². The lowest BCUT2D eigenvalue weighted by Gasteiger charge is -2.39. The summed E-state index contributed by atoms with van der Waals surface area (Å²) in [4.78, 5) is 12.0. The number of nitrogens with one attached hydrogen (secondary N) is 1.